The summed E-state index contributed by atoms with van der Waals surface area (Å²) in [5, 5.41) is 12.7. The highest BCUT2D eigenvalue weighted by atomic mass is 32.2. The summed E-state index contributed by atoms with van der Waals surface area (Å²) in [6, 6.07) is 2.02. The predicted molar refractivity (Wildman–Crippen MR) is 82.7 cm³/mol. The number of hydrogen-bond donors (Lipinski definition) is 2. The fourth-order valence-corrected chi connectivity index (χ4v) is 3.73. The van der Waals surface area contributed by atoms with Gasteiger partial charge in [-0.05, 0) is 13.0 Å². The van der Waals surface area contributed by atoms with E-state index in [2.05, 4.69) is 10.1 Å². The largest absolute Gasteiger partial charge is 0.402 e. The molecule has 0 aliphatic carbocycles. The van der Waals surface area contributed by atoms with Crippen LogP contribution < -0.4 is 4.72 Å². The number of sulfonamides is 1. The fourth-order valence-electron chi connectivity index (χ4n) is 2.40. The van der Waals surface area contributed by atoms with Crippen molar-refractivity contribution in [3.63, 3.8) is 0 Å². The molecule has 2 rings (SSSR count). The van der Waals surface area contributed by atoms with Gasteiger partial charge in [0, 0.05) is 11.6 Å². The summed E-state index contributed by atoms with van der Waals surface area (Å²) < 4.78 is 91.4. The fraction of sp³-hybridized carbons (Fsp3) is 0.429. The molecule has 150 valence electrons. The first kappa shape index (κ1) is 21.2. The van der Waals surface area contributed by atoms with Crippen LogP contribution in [0.4, 0.5) is 22.0 Å². The quantitative estimate of drug-likeness (QED) is 0.666. The number of aliphatic hydroxyl groups is 1. The molecule has 0 bridgehead atoms. The molecule has 0 saturated heterocycles. The zero-order chi connectivity index (χ0) is 20.5. The number of nitrogens with zero attached hydrogens (tertiary/aromatic N) is 3. The summed E-state index contributed by atoms with van der Waals surface area (Å²) in [4.78, 5) is 3.60. The van der Waals surface area contributed by atoms with E-state index in [1.165, 1.54) is 4.72 Å². The van der Waals surface area contributed by atoms with Crippen molar-refractivity contribution in [1.29, 1.82) is 0 Å². The van der Waals surface area contributed by atoms with Crippen LogP contribution in [0.2, 0.25) is 0 Å². The number of benzene rings is 1. The lowest BCUT2D eigenvalue weighted by atomic mass is 9.90. The van der Waals surface area contributed by atoms with E-state index < -0.39 is 57.3 Å². The zero-order valence-corrected chi connectivity index (χ0v) is 14.6. The van der Waals surface area contributed by atoms with Crippen molar-refractivity contribution in [2.24, 2.45) is 0 Å². The van der Waals surface area contributed by atoms with Gasteiger partial charge in [0.1, 0.15) is 41.7 Å². The van der Waals surface area contributed by atoms with E-state index in [0.717, 1.165) is 36.4 Å². The molecule has 0 aliphatic rings. The summed E-state index contributed by atoms with van der Waals surface area (Å²) in [5.41, 5.74) is -3.20. The van der Waals surface area contributed by atoms with E-state index in [0.29, 0.717) is 6.07 Å². The van der Waals surface area contributed by atoms with Crippen molar-refractivity contribution in [3.05, 3.63) is 48.1 Å². The Morgan fingerprint density at radius 1 is 1.30 bits per heavy atom. The van der Waals surface area contributed by atoms with Gasteiger partial charge in [-0.25, -0.2) is 31.6 Å². The van der Waals surface area contributed by atoms with Gasteiger partial charge in [-0.2, -0.15) is 18.3 Å². The smallest absolute Gasteiger partial charge is 0.382 e. The molecule has 2 aromatic rings. The minimum atomic E-state index is -4.84. The maximum atomic E-state index is 14.3. The minimum Gasteiger partial charge on any atom is -0.382 e. The summed E-state index contributed by atoms with van der Waals surface area (Å²) >= 11 is 0. The second kappa shape index (κ2) is 7.48. The lowest BCUT2D eigenvalue weighted by Crippen LogP contribution is -2.51. The molecule has 0 spiro atoms. The molecule has 0 unspecified atom stereocenters. The van der Waals surface area contributed by atoms with Crippen LogP contribution in [0.5, 0.6) is 0 Å². The Kier molecular flexibility index (Phi) is 5.87. The van der Waals surface area contributed by atoms with Gasteiger partial charge >= 0.3 is 6.18 Å². The monoisotopic (exact) mass is 414 g/mol. The van der Waals surface area contributed by atoms with Gasteiger partial charge < -0.3 is 5.11 Å². The van der Waals surface area contributed by atoms with E-state index in [1.807, 2.05) is 0 Å². The summed E-state index contributed by atoms with van der Waals surface area (Å²) in [5.74, 6) is -2.25. The second-order valence-corrected chi connectivity index (χ2v) is 7.85. The third kappa shape index (κ3) is 4.99. The molecule has 1 heterocycles. The number of alkyl halides is 3. The second-order valence-electron chi connectivity index (χ2n) is 5.77. The number of rotatable bonds is 7. The summed E-state index contributed by atoms with van der Waals surface area (Å²) in [7, 11) is -4.77. The van der Waals surface area contributed by atoms with Crippen LogP contribution in [0, 0.1) is 11.6 Å². The van der Waals surface area contributed by atoms with Gasteiger partial charge in [0.15, 0.2) is 0 Å². The standard InChI is InChI=1S/C14H15F5N4O3S/c1-9(27(25,26)22-5-14(17,18)19)13(24,6-23-8-20-7-21-23)11-3-2-10(15)4-12(11)16/h2-4,7-9,22,24H,5-6H2,1H3/t9-,13-/m1/s1. The number of nitrogens with one attached hydrogen (secondary N) is 1. The Hall–Kier alpha value is -2.12. The van der Waals surface area contributed by atoms with E-state index in [9.17, 15) is 35.5 Å². The molecule has 2 N–H and O–H groups in total. The van der Waals surface area contributed by atoms with Crippen molar-refractivity contribution in [2.45, 2.75) is 30.5 Å². The van der Waals surface area contributed by atoms with Crippen LogP contribution in [0.3, 0.4) is 0 Å². The zero-order valence-electron chi connectivity index (χ0n) is 13.8. The van der Waals surface area contributed by atoms with E-state index in [-0.39, 0.29) is 0 Å². The molecule has 1 aromatic heterocycles. The van der Waals surface area contributed by atoms with Crippen LogP contribution >= 0.6 is 0 Å². The maximum absolute atomic E-state index is 14.3. The lowest BCUT2D eigenvalue weighted by molar-refractivity contribution is -0.121. The minimum absolute atomic E-state index is 0.421. The highest BCUT2D eigenvalue weighted by molar-refractivity contribution is 7.90. The lowest BCUT2D eigenvalue weighted by Gasteiger charge is -2.34. The van der Waals surface area contributed by atoms with E-state index in [1.54, 1.807) is 0 Å². The molecule has 0 amide bonds. The first-order chi connectivity index (χ1) is 12.3. The molecule has 0 saturated carbocycles. The van der Waals surface area contributed by atoms with Crippen molar-refractivity contribution in [1.82, 2.24) is 19.5 Å². The number of hydrogen-bond acceptors (Lipinski definition) is 5. The van der Waals surface area contributed by atoms with Crippen LogP contribution in [-0.4, -0.2) is 46.3 Å². The van der Waals surface area contributed by atoms with Crippen molar-refractivity contribution in [3.8, 4) is 0 Å². The number of halogens is 5. The average Bonchev–Trinajstić information content (AvgIpc) is 3.04. The third-order valence-corrected chi connectivity index (χ3v) is 5.75. The third-order valence-electron chi connectivity index (χ3n) is 3.88. The normalized spacial score (nSPS) is 16.1. The molecule has 27 heavy (non-hydrogen) atoms. The van der Waals surface area contributed by atoms with Crippen molar-refractivity contribution in [2.75, 3.05) is 6.54 Å². The first-order valence-electron chi connectivity index (χ1n) is 7.41. The Balaban J connectivity index is 2.48. The highest BCUT2D eigenvalue weighted by Gasteiger charge is 2.46. The molecule has 13 heteroatoms. The molecule has 1 aromatic carbocycles. The van der Waals surface area contributed by atoms with Crippen LogP contribution in [0.15, 0.2) is 30.9 Å². The van der Waals surface area contributed by atoms with Crippen molar-refractivity contribution >= 4 is 10.0 Å². The molecule has 2 atom stereocenters. The van der Waals surface area contributed by atoms with E-state index in [4.69, 9.17) is 0 Å². The van der Waals surface area contributed by atoms with E-state index >= 15 is 0 Å². The topological polar surface area (TPSA) is 97.1 Å². The Morgan fingerprint density at radius 3 is 2.48 bits per heavy atom. The van der Waals surface area contributed by atoms with Gasteiger partial charge in [0.25, 0.3) is 0 Å². The van der Waals surface area contributed by atoms with Gasteiger partial charge in [0.05, 0.1) is 6.54 Å². The van der Waals surface area contributed by atoms with Crippen molar-refractivity contribution < 1.29 is 35.5 Å². The summed E-state index contributed by atoms with van der Waals surface area (Å²) in [6.07, 6.45) is -2.69. The number of aromatic nitrogens is 3. The molecular weight excluding hydrogens is 399 g/mol. The molecular formula is C14H15F5N4O3S. The van der Waals surface area contributed by atoms with Crippen LogP contribution in [0.1, 0.15) is 12.5 Å². The summed E-state index contributed by atoms with van der Waals surface area (Å²) in [6.45, 7) is -1.63. The molecule has 0 radical (unpaired) electrons. The molecule has 0 aliphatic heterocycles. The average molecular weight is 414 g/mol. The maximum Gasteiger partial charge on any atom is 0.402 e. The van der Waals surface area contributed by atoms with Gasteiger partial charge in [-0.3, -0.25) is 0 Å². The Labute approximate surface area is 150 Å². The predicted octanol–water partition coefficient (Wildman–Crippen LogP) is 1.31. The van der Waals surface area contributed by atoms with Gasteiger partial charge in [-0.15, -0.1) is 0 Å². The Bertz CT molecular complexity index is 889. The molecule has 0 fully saturated rings. The Morgan fingerprint density at radius 2 is 1.96 bits per heavy atom. The van der Waals surface area contributed by atoms with Crippen LogP contribution in [0.25, 0.3) is 0 Å². The molecule has 7 nitrogen and oxygen atoms in total. The van der Waals surface area contributed by atoms with Crippen LogP contribution in [-0.2, 0) is 22.2 Å². The highest BCUT2D eigenvalue weighted by Crippen LogP contribution is 2.33. The first-order valence-corrected chi connectivity index (χ1v) is 8.95. The van der Waals surface area contributed by atoms with Gasteiger partial charge in [0.2, 0.25) is 10.0 Å². The van der Waals surface area contributed by atoms with Gasteiger partial charge in [-0.1, -0.05) is 6.07 Å². The SMILES string of the molecule is C[C@H]([C@](O)(Cn1cncn1)c1ccc(F)cc1F)S(=O)(=O)NCC(F)(F)F.